The molecule has 3 N–H and O–H groups in total. The van der Waals surface area contributed by atoms with Crippen molar-refractivity contribution in [2.45, 2.75) is 44.7 Å². The van der Waals surface area contributed by atoms with Gasteiger partial charge in [0.1, 0.15) is 11.4 Å². The molecule has 0 saturated carbocycles. The standard InChI is InChI=1S/C27H32F2N3O7PS/c1-4-32(27(25(28)29)39-40(33,34)35)12-7-13-38-22-11-10-20(18-8-6-9-19(15-18)41(36,37)5-2)23-21-14-17(3)16-30-26(21)31-24(22)23/h6,8-11,14-16,25,27H,4-5,7,12-13H2,1-3H3,(H,30,31)(H2,33,34,35). The van der Waals surface area contributed by atoms with Crippen molar-refractivity contribution in [2.75, 3.05) is 25.4 Å². The molecule has 0 spiro atoms. The Hall–Kier alpha value is -2.93. The van der Waals surface area contributed by atoms with Gasteiger partial charge >= 0.3 is 7.82 Å². The van der Waals surface area contributed by atoms with Crippen LogP contribution in [-0.2, 0) is 18.9 Å². The minimum atomic E-state index is -5.12. The first-order valence-corrected chi connectivity index (χ1v) is 16.2. The lowest BCUT2D eigenvalue weighted by atomic mass is 9.99. The Kier molecular flexibility index (Phi) is 9.47. The van der Waals surface area contributed by atoms with E-state index < -0.39 is 30.3 Å². The fourth-order valence-corrected chi connectivity index (χ4v) is 6.11. The summed E-state index contributed by atoms with van der Waals surface area (Å²) in [6, 6.07) is 12.3. The number of alkyl halides is 2. The number of aryl methyl sites for hydroxylation is 1. The highest BCUT2D eigenvalue weighted by atomic mass is 32.2. The minimum Gasteiger partial charge on any atom is -0.491 e. The molecule has 1 unspecified atom stereocenters. The molecule has 0 amide bonds. The predicted octanol–water partition coefficient (Wildman–Crippen LogP) is 5.28. The van der Waals surface area contributed by atoms with Crippen LogP contribution in [-0.4, -0.2) is 71.2 Å². The Morgan fingerprint density at radius 3 is 2.56 bits per heavy atom. The Morgan fingerprint density at radius 2 is 1.90 bits per heavy atom. The summed E-state index contributed by atoms with van der Waals surface area (Å²) < 4.78 is 73.5. The van der Waals surface area contributed by atoms with Crippen molar-refractivity contribution in [3.05, 3.63) is 54.2 Å². The molecule has 10 nitrogen and oxygen atoms in total. The fourth-order valence-electron chi connectivity index (χ4n) is 4.68. The van der Waals surface area contributed by atoms with Gasteiger partial charge in [0.2, 0.25) is 0 Å². The van der Waals surface area contributed by atoms with Crippen LogP contribution in [0.25, 0.3) is 33.1 Å². The van der Waals surface area contributed by atoms with Gasteiger partial charge in [-0.1, -0.05) is 26.0 Å². The largest absolute Gasteiger partial charge is 0.491 e. The lowest BCUT2D eigenvalue weighted by Gasteiger charge is -2.29. The van der Waals surface area contributed by atoms with Crippen LogP contribution in [0, 0.1) is 6.92 Å². The first-order valence-electron chi connectivity index (χ1n) is 13.0. The van der Waals surface area contributed by atoms with Gasteiger partial charge in [-0.05, 0) is 66.9 Å². The second-order valence-electron chi connectivity index (χ2n) is 9.48. The summed E-state index contributed by atoms with van der Waals surface area (Å²) in [5.41, 5.74) is 3.68. The smallest absolute Gasteiger partial charge is 0.471 e. The van der Waals surface area contributed by atoms with Crippen LogP contribution in [0.1, 0.15) is 25.8 Å². The number of nitrogens with one attached hydrogen (secondary N) is 1. The third-order valence-corrected chi connectivity index (χ3v) is 8.89. The molecular weight excluding hydrogens is 579 g/mol. The summed E-state index contributed by atoms with van der Waals surface area (Å²) in [4.78, 5) is 27.2. The van der Waals surface area contributed by atoms with Crippen LogP contribution in [0.3, 0.4) is 0 Å². The van der Waals surface area contributed by atoms with E-state index in [1.54, 1.807) is 44.3 Å². The highest BCUT2D eigenvalue weighted by Crippen LogP contribution is 2.41. The second-order valence-corrected chi connectivity index (χ2v) is 12.9. The van der Waals surface area contributed by atoms with Crippen LogP contribution < -0.4 is 4.74 Å². The maximum absolute atomic E-state index is 13.4. The molecule has 0 fully saturated rings. The fraction of sp³-hybridized carbons (Fsp3) is 0.370. The number of rotatable bonds is 13. The van der Waals surface area contributed by atoms with Gasteiger partial charge in [-0.15, -0.1) is 0 Å². The first kappa shape index (κ1) is 31.0. The quantitative estimate of drug-likeness (QED) is 0.105. The van der Waals surface area contributed by atoms with Crippen LogP contribution >= 0.6 is 7.82 Å². The summed E-state index contributed by atoms with van der Waals surface area (Å²) in [5, 5.41) is 1.62. The number of benzene rings is 2. The number of nitrogens with zero attached hydrogens (tertiary/aromatic N) is 2. The lowest BCUT2D eigenvalue weighted by Crippen LogP contribution is -2.42. The van der Waals surface area contributed by atoms with Crippen LogP contribution in [0.15, 0.2) is 53.6 Å². The normalized spacial score (nSPS) is 13.5. The molecular formula is C27H32F2N3O7PS. The number of aromatic amines is 1. The zero-order valence-corrected chi connectivity index (χ0v) is 24.5. The van der Waals surface area contributed by atoms with Crippen molar-refractivity contribution >= 4 is 39.6 Å². The van der Waals surface area contributed by atoms with Gasteiger partial charge in [0.05, 0.1) is 22.8 Å². The molecule has 1 atom stereocenters. The average Bonchev–Trinajstić information content (AvgIpc) is 3.30. The number of halogens is 2. The number of ether oxygens (including phenoxy) is 1. The van der Waals surface area contributed by atoms with Gasteiger partial charge in [0, 0.05) is 23.5 Å². The van der Waals surface area contributed by atoms with E-state index in [1.165, 1.54) is 0 Å². The minimum absolute atomic E-state index is 0.0200. The maximum atomic E-state index is 13.4. The van der Waals surface area contributed by atoms with E-state index in [9.17, 15) is 21.8 Å². The van der Waals surface area contributed by atoms with Crippen LogP contribution in [0.4, 0.5) is 8.78 Å². The number of aromatic nitrogens is 2. The van der Waals surface area contributed by atoms with Gasteiger partial charge in [-0.3, -0.25) is 9.42 Å². The molecule has 222 valence electrons. The van der Waals surface area contributed by atoms with Gasteiger partial charge in [-0.25, -0.2) is 26.7 Å². The summed E-state index contributed by atoms with van der Waals surface area (Å²) in [6.45, 7) is 5.33. The Balaban J connectivity index is 1.65. The molecule has 2 aromatic carbocycles. The molecule has 4 aromatic rings. The monoisotopic (exact) mass is 611 g/mol. The molecule has 0 saturated heterocycles. The number of fused-ring (bicyclic) bond motifs is 3. The van der Waals surface area contributed by atoms with Crippen molar-refractivity contribution in [2.24, 2.45) is 0 Å². The number of H-pyrrole nitrogens is 1. The van der Waals surface area contributed by atoms with Crippen molar-refractivity contribution in [3.63, 3.8) is 0 Å². The number of hydrogen-bond acceptors (Lipinski definition) is 7. The third kappa shape index (κ3) is 7.11. The predicted molar refractivity (Wildman–Crippen MR) is 152 cm³/mol. The first-order chi connectivity index (χ1) is 19.3. The highest BCUT2D eigenvalue weighted by Gasteiger charge is 2.33. The highest BCUT2D eigenvalue weighted by molar-refractivity contribution is 7.91. The molecule has 2 aromatic heterocycles. The van der Waals surface area contributed by atoms with E-state index in [4.69, 9.17) is 14.5 Å². The number of phosphoric acid groups is 1. The lowest BCUT2D eigenvalue weighted by molar-refractivity contribution is -0.0941. The average molecular weight is 612 g/mol. The molecule has 4 rings (SSSR count). The molecule has 0 aliphatic heterocycles. The molecule has 0 bridgehead atoms. The van der Waals surface area contributed by atoms with Gasteiger partial charge in [0.25, 0.3) is 6.43 Å². The second kappa shape index (κ2) is 12.5. The third-order valence-electron chi connectivity index (χ3n) is 6.66. The molecule has 41 heavy (non-hydrogen) atoms. The van der Waals surface area contributed by atoms with Crippen molar-refractivity contribution < 1.29 is 40.8 Å². The van der Waals surface area contributed by atoms with E-state index in [1.807, 2.05) is 25.1 Å². The number of hydrogen-bond donors (Lipinski definition) is 3. The van der Waals surface area contributed by atoms with Crippen LogP contribution in [0.5, 0.6) is 5.75 Å². The van der Waals surface area contributed by atoms with Crippen molar-refractivity contribution in [1.82, 2.24) is 14.9 Å². The molecule has 0 radical (unpaired) electrons. The van der Waals surface area contributed by atoms with E-state index in [-0.39, 0.29) is 36.8 Å². The number of sulfone groups is 1. The van der Waals surface area contributed by atoms with E-state index in [0.29, 0.717) is 22.5 Å². The summed E-state index contributed by atoms with van der Waals surface area (Å²) in [6.07, 6.45) is -3.18. The van der Waals surface area contributed by atoms with Gasteiger partial charge in [-0.2, -0.15) is 0 Å². The molecule has 2 heterocycles. The zero-order valence-electron chi connectivity index (χ0n) is 22.8. The number of phosphoric ester groups is 1. The Morgan fingerprint density at radius 1 is 1.15 bits per heavy atom. The van der Waals surface area contributed by atoms with E-state index in [0.717, 1.165) is 26.8 Å². The Bertz CT molecular complexity index is 1690. The van der Waals surface area contributed by atoms with Crippen molar-refractivity contribution in [3.8, 4) is 16.9 Å². The summed E-state index contributed by atoms with van der Waals surface area (Å²) >= 11 is 0. The van der Waals surface area contributed by atoms with Crippen LogP contribution in [0.2, 0.25) is 0 Å². The maximum Gasteiger partial charge on any atom is 0.471 e. The SMILES string of the molecule is CCN(CCCOc1ccc(-c2cccc(S(=O)(=O)CC)c2)c2c1[nH]c1ncc(C)cc12)C(OP(=O)(O)O)C(F)F. The topological polar surface area (TPSA) is 142 Å². The van der Waals surface area contributed by atoms with Gasteiger partial charge in [0.15, 0.2) is 16.1 Å². The van der Waals surface area contributed by atoms with E-state index >= 15 is 0 Å². The molecule has 14 heteroatoms. The Labute approximate surface area is 236 Å². The summed E-state index contributed by atoms with van der Waals surface area (Å²) in [5.74, 6) is 0.463. The van der Waals surface area contributed by atoms with Crippen molar-refractivity contribution in [1.29, 1.82) is 0 Å². The molecule has 0 aliphatic rings. The van der Waals surface area contributed by atoms with E-state index in [2.05, 4.69) is 14.5 Å². The zero-order chi connectivity index (χ0) is 29.9. The molecule has 0 aliphatic carbocycles. The number of pyridine rings is 1. The summed E-state index contributed by atoms with van der Waals surface area (Å²) in [7, 11) is -8.54. The van der Waals surface area contributed by atoms with Gasteiger partial charge < -0.3 is 19.5 Å².